The van der Waals surface area contributed by atoms with Gasteiger partial charge in [-0.05, 0) is 30.0 Å². The minimum absolute atomic E-state index is 0.133. The van der Waals surface area contributed by atoms with Crippen LogP contribution in [0.3, 0.4) is 0 Å². The van der Waals surface area contributed by atoms with E-state index in [1.807, 2.05) is 12.1 Å². The van der Waals surface area contributed by atoms with Gasteiger partial charge in [-0.15, -0.1) is 11.3 Å². The van der Waals surface area contributed by atoms with Gasteiger partial charge in [0, 0.05) is 31.5 Å². The molecule has 1 fully saturated rings. The largest absolute Gasteiger partial charge is 0.380 e. The Balaban J connectivity index is 1.68. The van der Waals surface area contributed by atoms with Crippen molar-refractivity contribution < 1.29 is 8.42 Å². The molecule has 2 aromatic heterocycles. The summed E-state index contributed by atoms with van der Waals surface area (Å²) in [5.41, 5.74) is 0.924. The second-order valence-corrected chi connectivity index (χ2v) is 7.78. The molecule has 0 saturated carbocycles. The topological polar surface area (TPSA) is 62.3 Å². The Hall–Kier alpha value is -1.44. The van der Waals surface area contributed by atoms with Crippen molar-refractivity contribution in [2.45, 2.75) is 16.7 Å². The van der Waals surface area contributed by atoms with Crippen molar-refractivity contribution in [3.8, 4) is 0 Å². The van der Waals surface area contributed by atoms with Crippen LogP contribution in [0.2, 0.25) is 0 Å². The molecule has 1 atom stereocenters. The Morgan fingerprint density at radius 3 is 2.95 bits per heavy atom. The zero-order valence-corrected chi connectivity index (χ0v) is 12.4. The van der Waals surface area contributed by atoms with E-state index in [-0.39, 0.29) is 6.04 Å². The molecular weight excluding hydrogens is 294 g/mol. The maximum atomic E-state index is 12.4. The van der Waals surface area contributed by atoms with Gasteiger partial charge in [0.05, 0.1) is 5.69 Å². The third kappa shape index (κ3) is 2.70. The number of hydrogen-bond acceptors (Lipinski definition) is 5. The molecule has 0 aromatic carbocycles. The monoisotopic (exact) mass is 309 g/mol. The van der Waals surface area contributed by atoms with Crippen molar-refractivity contribution >= 4 is 27.0 Å². The molecule has 1 aliphatic rings. The van der Waals surface area contributed by atoms with Crippen LogP contribution in [0.15, 0.2) is 46.2 Å². The molecule has 0 aliphatic carbocycles. The lowest BCUT2D eigenvalue weighted by Gasteiger charge is -2.16. The Morgan fingerprint density at radius 2 is 2.25 bits per heavy atom. The van der Waals surface area contributed by atoms with Crippen LogP contribution in [0, 0.1) is 0 Å². The summed E-state index contributed by atoms with van der Waals surface area (Å²) in [5.74, 6) is 0. The van der Waals surface area contributed by atoms with Gasteiger partial charge in [0.2, 0.25) is 0 Å². The lowest BCUT2D eigenvalue weighted by Crippen LogP contribution is -2.31. The number of anilines is 1. The first-order chi connectivity index (χ1) is 9.66. The molecule has 106 valence electrons. The van der Waals surface area contributed by atoms with Crippen molar-refractivity contribution in [3.05, 3.63) is 42.0 Å². The third-order valence-electron chi connectivity index (χ3n) is 3.27. The van der Waals surface area contributed by atoms with Crippen molar-refractivity contribution in [2.75, 3.05) is 18.4 Å². The summed E-state index contributed by atoms with van der Waals surface area (Å²) in [7, 11) is -3.32. The maximum absolute atomic E-state index is 12.4. The minimum atomic E-state index is -3.32. The molecule has 20 heavy (non-hydrogen) atoms. The van der Waals surface area contributed by atoms with Gasteiger partial charge >= 0.3 is 0 Å². The van der Waals surface area contributed by atoms with Gasteiger partial charge in [-0.2, -0.15) is 4.31 Å². The van der Waals surface area contributed by atoms with Gasteiger partial charge in [-0.25, -0.2) is 8.42 Å². The van der Waals surface area contributed by atoms with E-state index in [4.69, 9.17) is 0 Å². The number of nitrogens with zero attached hydrogens (tertiary/aromatic N) is 2. The number of thiophene rings is 1. The quantitative estimate of drug-likeness (QED) is 0.938. The van der Waals surface area contributed by atoms with E-state index in [2.05, 4.69) is 10.3 Å². The summed E-state index contributed by atoms with van der Waals surface area (Å²) in [4.78, 5) is 4.04. The third-order valence-corrected chi connectivity index (χ3v) is 6.51. The summed E-state index contributed by atoms with van der Waals surface area (Å²) >= 11 is 1.26. The van der Waals surface area contributed by atoms with Crippen LogP contribution in [0.5, 0.6) is 0 Å². The van der Waals surface area contributed by atoms with Crippen LogP contribution >= 0.6 is 11.3 Å². The molecule has 1 unspecified atom stereocenters. The Labute approximate surface area is 122 Å². The van der Waals surface area contributed by atoms with E-state index in [0.29, 0.717) is 17.3 Å². The number of aromatic nitrogens is 1. The molecule has 3 heterocycles. The summed E-state index contributed by atoms with van der Waals surface area (Å²) < 4.78 is 26.7. The number of nitrogens with one attached hydrogen (secondary N) is 1. The molecule has 1 N–H and O–H groups in total. The van der Waals surface area contributed by atoms with E-state index >= 15 is 0 Å². The van der Waals surface area contributed by atoms with Crippen LogP contribution < -0.4 is 5.32 Å². The highest BCUT2D eigenvalue weighted by Crippen LogP contribution is 2.25. The van der Waals surface area contributed by atoms with E-state index in [9.17, 15) is 8.42 Å². The molecule has 0 radical (unpaired) electrons. The van der Waals surface area contributed by atoms with Crippen LogP contribution in [0.25, 0.3) is 0 Å². The normalized spacial score (nSPS) is 20.1. The smallest absolute Gasteiger partial charge is 0.252 e. The molecule has 2 aromatic rings. The summed E-state index contributed by atoms with van der Waals surface area (Å²) in [6.07, 6.45) is 4.27. The van der Waals surface area contributed by atoms with Crippen molar-refractivity contribution in [3.63, 3.8) is 0 Å². The van der Waals surface area contributed by atoms with Gasteiger partial charge in [0.15, 0.2) is 0 Å². The molecule has 1 saturated heterocycles. The first-order valence-electron chi connectivity index (χ1n) is 6.36. The second-order valence-electron chi connectivity index (χ2n) is 4.67. The predicted molar refractivity (Wildman–Crippen MR) is 79.3 cm³/mol. The lowest BCUT2D eigenvalue weighted by atomic mass is 10.2. The van der Waals surface area contributed by atoms with Gasteiger partial charge < -0.3 is 5.32 Å². The minimum Gasteiger partial charge on any atom is -0.380 e. The van der Waals surface area contributed by atoms with Gasteiger partial charge in [-0.3, -0.25) is 4.98 Å². The second kappa shape index (κ2) is 5.51. The van der Waals surface area contributed by atoms with Crippen molar-refractivity contribution in [1.82, 2.24) is 9.29 Å². The maximum Gasteiger partial charge on any atom is 0.252 e. The Kier molecular flexibility index (Phi) is 3.73. The number of sulfonamides is 1. The average molecular weight is 309 g/mol. The molecule has 0 bridgehead atoms. The molecule has 5 nitrogen and oxygen atoms in total. The highest BCUT2D eigenvalue weighted by Gasteiger charge is 2.32. The number of pyridine rings is 1. The van der Waals surface area contributed by atoms with Crippen LogP contribution in [-0.2, 0) is 10.0 Å². The standard InChI is InChI=1S/C13H15N3O2S2/c17-20(18,13-4-2-8-19-13)16-7-5-12(10-16)15-11-3-1-6-14-9-11/h1-4,6,8-9,12,15H,5,7,10H2. The van der Waals surface area contributed by atoms with Gasteiger partial charge in [0.25, 0.3) is 10.0 Å². The lowest BCUT2D eigenvalue weighted by molar-refractivity contribution is 0.476. The van der Waals surface area contributed by atoms with Crippen LogP contribution in [0.1, 0.15) is 6.42 Å². The molecule has 0 amide bonds. The zero-order valence-electron chi connectivity index (χ0n) is 10.8. The number of hydrogen-bond donors (Lipinski definition) is 1. The van der Waals surface area contributed by atoms with Crippen molar-refractivity contribution in [1.29, 1.82) is 0 Å². The summed E-state index contributed by atoms with van der Waals surface area (Å²) in [6.45, 7) is 1.05. The molecule has 1 aliphatic heterocycles. The first-order valence-corrected chi connectivity index (χ1v) is 8.68. The van der Waals surface area contributed by atoms with Gasteiger partial charge in [0.1, 0.15) is 4.21 Å². The Morgan fingerprint density at radius 1 is 1.35 bits per heavy atom. The fraction of sp³-hybridized carbons (Fsp3) is 0.308. The highest BCUT2D eigenvalue weighted by molar-refractivity contribution is 7.91. The fourth-order valence-corrected chi connectivity index (χ4v) is 4.93. The van der Waals surface area contributed by atoms with E-state index in [1.54, 1.807) is 34.2 Å². The first kappa shape index (κ1) is 13.5. The molecule has 3 rings (SSSR count). The van der Waals surface area contributed by atoms with E-state index in [0.717, 1.165) is 12.1 Å². The van der Waals surface area contributed by atoms with Gasteiger partial charge in [-0.1, -0.05) is 6.07 Å². The van der Waals surface area contributed by atoms with Crippen LogP contribution in [-0.4, -0.2) is 36.8 Å². The summed E-state index contributed by atoms with van der Waals surface area (Å²) in [6, 6.07) is 7.34. The Bertz CT molecular complexity index is 656. The fourth-order valence-electron chi connectivity index (χ4n) is 2.29. The molecule has 0 spiro atoms. The zero-order chi connectivity index (χ0) is 14.0. The van der Waals surface area contributed by atoms with Crippen LogP contribution in [0.4, 0.5) is 5.69 Å². The van der Waals surface area contributed by atoms with E-state index in [1.165, 1.54) is 11.3 Å². The van der Waals surface area contributed by atoms with Crippen molar-refractivity contribution in [2.24, 2.45) is 0 Å². The predicted octanol–water partition coefficient (Wildman–Crippen LogP) is 2.02. The average Bonchev–Trinajstić information content (AvgIpc) is 3.11. The molecular formula is C13H15N3O2S2. The highest BCUT2D eigenvalue weighted by atomic mass is 32.2. The van der Waals surface area contributed by atoms with E-state index < -0.39 is 10.0 Å². The summed E-state index contributed by atoms with van der Waals surface area (Å²) in [5, 5.41) is 5.11. The number of rotatable bonds is 4. The SMILES string of the molecule is O=S(=O)(c1cccs1)N1CCC(Nc2cccnc2)C1. The molecule has 7 heteroatoms.